The van der Waals surface area contributed by atoms with Gasteiger partial charge in [-0.2, -0.15) is 0 Å². The third kappa shape index (κ3) is 2.02. The highest BCUT2D eigenvalue weighted by Gasteiger charge is 2.10. The van der Waals surface area contributed by atoms with Crippen molar-refractivity contribution in [1.82, 2.24) is 19.9 Å². The van der Waals surface area contributed by atoms with E-state index in [9.17, 15) is 0 Å². The van der Waals surface area contributed by atoms with Gasteiger partial charge in [-0.25, -0.2) is 15.0 Å². The van der Waals surface area contributed by atoms with Crippen LogP contribution < -0.4 is 0 Å². The van der Waals surface area contributed by atoms with Crippen molar-refractivity contribution < 1.29 is 0 Å². The Kier molecular flexibility index (Phi) is 3.10. The van der Waals surface area contributed by atoms with Crippen LogP contribution in [0.4, 0.5) is 0 Å². The van der Waals surface area contributed by atoms with Crippen LogP contribution in [0.1, 0.15) is 18.2 Å². The molecule has 82 valence electrons. The smallest absolute Gasteiger partial charge is 0.181 e. The van der Waals surface area contributed by atoms with Gasteiger partial charge in [0.1, 0.15) is 10.8 Å². The average Bonchev–Trinajstić information content (AvgIpc) is 2.30. The van der Waals surface area contributed by atoms with E-state index >= 15 is 0 Å². The van der Waals surface area contributed by atoms with E-state index in [2.05, 4.69) is 19.9 Å². The monoisotopic (exact) mass is 234 g/mol. The van der Waals surface area contributed by atoms with Gasteiger partial charge >= 0.3 is 0 Å². The standard InChI is InChI=1S/C11H11ClN4/c1-3-8-7(2)15-11(16-10(8)12)9-6-13-4-5-14-9/h4-6H,3H2,1-2H3. The fraction of sp³-hybridized carbons (Fsp3) is 0.273. The van der Waals surface area contributed by atoms with Crippen LogP contribution in [-0.2, 0) is 6.42 Å². The van der Waals surface area contributed by atoms with Crippen molar-refractivity contribution >= 4 is 11.6 Å². The molecule has 2 aromatic heterocycles. The van der Waals surface area contributed by atoms with Crippen LogP contribution in [0.2, 0.25) is 5.15 Å². The van der Waals surface area contributed by atoms with Crippen molar-refractivity contribution in [2.24, 2.45) is 0 Å². The first-order valence-electron chi connectivity index (χ1n) is 5.01. The molecular weight excluding hydrogens is 224 g/mol. The summed E-state index contributed by atoms with van der Waals surface area (Å²) in [5, 5.41) is 0.496. The molecule has 0 aromatic carbocycles. The topological polar surface area (TPSA) is 51.6 Å². The Labute approximate surface area is 98.8 Å². The maximum absolute atomic E-state index is 6.09. The lowest BCUT2D eigenvalue weighted by molar-refractivity contribution is 0.991. The first-order chi connectivity index (χ1) is 7.72. The van der Waals surface area contributed by atoms with Crippen molar-refractivity contribution in [3.63, 3.8) is 0 Å². The van der Waals surface area contributed by atoms with Gasteiger partial charge in [0.15, 0.2) is 5.82 Å². The predicted octanol–water partition coefficient (Wildman–Crippen LogP) is 2.46. The molecule has 16 heavy (non-hydrogen) atoms. The summed E-state index contributed by atoms with van der Waals surface area (Å²) >= 11 is 6.09. The lowest BCUT2D eigenvalue weighted by atomic mass is 10.2. The molecule has 5 heteroatoms. The van der Waals surface area contributed by atoms with Crippen molar-refractivity contribution in [3.05, 3.63) is 35.0 Å². The molecule has 0 bridgehead atoms. The SMILES string of the molecule is CCc1c(C)nc(-c2cnccn2)nc1Cl. The molecule has 0 aliphatic rings. The molecule has 0 unspecified atom stereocenters. The molecule has 0 amide bonds. The van der Waals surface area contributed by atoms with Crippen LogP contribution in [-0.4, -0.2) is 19.9 Å². The van der Waals surface area contributed by atoms with Gasteiger partial charge in [-0.05, 0) is 13.3 Å². The molecule has 2 rings (SSSR count). The van der Waals surface area contributed by atoms with E-state index in [0.29, 0.717) is 16.7 Å². The highest BCUT2D eigenvalue weighted by molar-refractivity contribution is 6.30. The lowest BCUT2D eigenvalue weighted by Gasteiger charge is -2.06. The summed E-state index contributed by atoms with van der Waals surface area (Å²) in [6, 6.07) is 0. The highest BCUT2D eigenvalue weighted by atomic mass is 35.5. The first kappa shape index (κ1) is 11.0. The average molecular weight is 235 g/mol. The van der Waals surface area contributed by atoms with Crippen LogP contribution in [0, 0.1) is 6.92 Å². The van der Waals surface area contributed by atoms with E-state index in [1.807, 2.05) is 13.8 Å². The first-order valence-corrected chi connectivity index (χ1v) is 5.39. The van der Waals surface area contributed by atoms with Gasteiger partial charge in [0.2, 0.25) is 0 Å². The number of aromatic nitrogens is 4. The second-order valence-electron chi connectivity index (χ2n) is 3.35. The Balaban J connectivity index is 2.53. The van der Waals surface area contributed by atoms with Crippen molar-refractivity contribution in [2.45, 2.75) is 20.3 Å². The minimum Gasteiger partial charge on any atom is -0.261 e. The largest absolute Gasteiger partial charge is 0.261 e. The zero-order valence-corrected chi connectivity index (χ0v) is 9.86. The van der Waals surface area contributed by atoms with E-state index in [4.69, 9.17) is 11.6 Å². The highest BCUT2D eigenvalue weighted by Crippen LogP contribution is 2.20. The summed E-state index contributed by atoms with van der Waals surface area (Å²) in [6.07, 6.45) is 5.66. The molecule has 0 spiro atoms. The maximum atomic E-state index is 6.09. The Bertz CT molecular complexity index is 476. The Hall–Kier alpha value is -1.55. The number of hydrogen-bond donors (Lipinski definition) is 0. The molecular formula is C11H11ClN4. The normalized spacial score (nSPS) is 10.4. The Morgan fingerprint density at radius 2 is 2.06 bits per heavy atom. The number of nitrogens with zero attached hydrogens (tertiary/aromatic N) is 4. The summed E-state index contributed by atoms with van der Waals surface area (Å²) in [5.41, 5.74) is 2.51. The molecule has 0 aliphatic heterocycles. The fourth-order valence-electron chi connectivity index (χ4n) is 1.49. The van der Waals surface area contributed by atoms with E-state index in [1.165, 1.54) is 0 Å². The number of halogens is 1. The molecule has 0 radical (unpaired) electrons. The van der Waals surface area contributed by atoms with Gasteiger partial charge in [0.05, 0.1) is 6.20 Å². The molecule has 2 heterocycles. The third-order valence-electron chi connectivity index (χ3n) is 2.31. The summed E-state index contributed by atoms with van der Waals surface area (Å²) < 4.78 is 0. The molecule has 0 saturated carbocycles. The number of aryl methyl sites for hydroxylation is 1. The van der Waals surface area contributed by atoms with Gasteiger partial charge in [-0.3, -0.25) is 4.98 Å². The van der Waals surface area contributed by atoms with E-state index in [-0.39, 0.29) is 0 Å². The zero-order chi connectivity index (χ0) is 11.5. The second-order valence-corrected chi connectivity index (χ2v) is 3.70. The quantitative estimate of drug-likeness (QED) is 0.749. The van der Waals surface area contributed by atoms with Crippen LogP contribution in [0.25, 0.3) is 11.5 Å². The predicted molar refractivity (Wildman–Crippen MR) is 62.2 cm³/mol. The Morgan fingerprint density at radius 3 is 2.62 bits per heavy atom. The molecule has 0 saturated heterocycles. The van der Waals surface area contributed by atoms with Crippen LogP contribution in [0.5, 0.6) is 0 Å². The minimum absolute atomic E-state index is 0.496. The molecule has 0 fully saturated rings. The Morgan fingerprint density at radius 1 is 1.25 bits per heavy atom. The fourth-order valence-corrected chi connectivity index (χ4v) is 1.84. The van der Waals surface area contributed by atoms with Gasteiger partial charge in [0, 0.05) is 23.7 Å². The lowest BCUT2D eigenvalue weighted by Crippen LogP contribution is -2.00. The van der Waals surface area contributed by atoms with Crippen molar-refractivity contribution in [2.75, 3.05) is 0 Å². The van der Waals surface area contributed by atoms with Gasteiger partial charge < -0.3 is 0 Å². The van der Waals surface area contributed by atoms with Crippen LogP contribution >= 0.6 is 11.6 Å². The van der Waals surface area contributed by atoms with Gasteiger partial charge in [0.25, 0.3) is 0 Å². The van der Waals surface area contributed by atoms with E-state index < -0.39 is 0 Å². The number of rotatable bonds is 2. The summed E-state index contributed by atoms with van der Waals surface area (Å²) in [7, 11) is 0. The zero-order valence-electron chi connectivity index (χ0n) is 9.11. The molecule has 0 aliphatic carbocycles. The van der Waals surface area contributed by atoms with Crippen molar-refractivity contribution in [1.29, 1.82) is 0 Å². The summed E-state index contributed by atoms with van der Waals surface area (Å²) in [4.78, 5) is 16.7. The summed E-state index contributed by atoms with van der Waals surface area (Å²) in [6.45, 7) is 3.95. The van der Waals surface area contributed by atoms with Crippen LogP contribution in [0.3, 0.4) is 0 Å². The molecule has 2 aromatic rings. The third-order valence-corrected chi connectivity index (χ3v) is 2.62. The molecule has 0 atom stereocenters. The maximum Gasteiger partial charge on any atom is 0.181 e. The van der Waals surface area contributed by atoms with E-state index in [0.717, 1.165) is 17.7 Å². The summed E-state index contributed by atoms with van der Waals surface area (Å²) in [5.74, 6) is 0.521. The van der Waals surface area contributed by atoms with E-state index in [1.54, 1.807) is 18.6 Å². The van der Waals surface area contributed by atoms with Crippen LogP contribution in [0.15, 0.2) is 18.6 Å². The second kappa shape index (κ2) is 4.53. The van der Waals surface area contributed by atoms with Gasteiger partial charge in [-0.1, -0.05) is 18.5 Å². The minimum atomic E-state index is 0.496. The van der Waals surface area contributed by atoms with Crippen molar-refractivity contribution in [3.8, 4) is 11.5 Å². The number of hydrogen-bond acceptors (Lipinski definition) is 4. The molecule has 0 N–H and O–H groups in total. The van der Waals surface area contributed by atoms with Gasteiger partial charge in [-0.15, -0.1) is 0 Å². The molecule has 4 nitrogen and oxygen atoms in total.